The second-order valence-corrected chi connectivity index (χ2v) is 6.56. The number of rotatable bonds is 5. The molecule has 2 aromatic carbocycles. The molecule has 128 valence electrons. The molecule has 1 aliphatic rings. The minimum atomic E-state index is -0.684. The molecule has 0 bridgehead atoms. The molecule has 0 saturated carbocycles. The molecule has 0 spiro atoms. The molecule has 2 atom stereocenters. The summed E-state index contributed by atoms with van der Waals surface area (Å²) in [6.45, 7) is 2.17. The number of piperidine rings is 1. The van der Waals surface area contributed by atoms with Gasteiger partial charge in [0.2, 0.25) is 0 Å². The van der Waals surface area contributed by atoms with Gasteiger partial charge in [0.15, 0.2) is 0 Å². The fraction of sp³-hybridized carbons (Fsp3) is 0.400. The van der Waals surface area contributed by atoms with Crippen molar-refractivity contribution in [3.8, 4) is 0 Å². The minimum Gasteiger partial charge on any atom is -0.388 e. The molecule has 1 saturated heterocycles. The summed E-state index contributed by atoms with van der Waals surface area (Å²) in [6.07, 6.45) is 0.676. The first kappa shape index (κ1) is 17.1. The second-order valence-electron chi connectivity index (χ2n) is 6.56. The van der Waals surface area contributed by atoms with Gasteiger partial charge in [-0.25, -0.2) is 4.39 Å². The smallest absolute Gasteiger partial charge is 0.123 e. The van der Waals surface area contributed by atoms with Crippen molar-refractivity contribution < 1.29 is 14.6 Å². The lowest BCUT2D eigenvalue weighted by molar-refractivity contribution is 0.0398. The summed E-state index contributed by atoms with van der Waals surface area (Å²) in [5, 5.41) is 20.8. The number of hydrogen-bond acceptors (Lipinski definition) is 3. The van der Waals surface area contributed by atoms with E-state index in [4.69, 9.17) is 0 Å². The molecule has 1 heterocycles. The van der Waals surface area contributed by atoms with Crippen LogP contribution in [0.15, 0.2) is 54.6 Å². The number of hydrogen-bond donors (Lipinski definition) is 2. The number of halogens is 1. The maximum atomic E-state index is 13.3. The zero-order valence-electron chi connectivity index (χ0n) is 13.7. The van der Waals surface area contributed by atoms with Crippen molar-refractivity contribution in [2.45, 2.75) is 25.0 Å². The Bertz CT molecular complexity index is 641. The molecule has 2 N–H and O–H groups in total. The van der Waals surface area contributed by atoms with E-state index in [0.29, 0.717) is 12.1 Å². The van der Waals surface area contributed by atoms with E-state index < -0.39 is 12.2 Å². The molecule has 0 aliphatic carbocycles. The SMILES string of the molecule is OC(CN1CCC(C(O)c2ccccc2)CC1)c1cccc(F)c1. The summed E-state index contributed by atoms with van der Waals surface area (Å²) < 4.78 is 13.3. The lowest BCUT2D eigenvalue weighted by Gasteiger charge is -2.35. The first-order valence-electron chi connectivity index (χ1n) is 8.52. The van der Waals surface area contributed by atoms with E-state index in [0.717, 1.165) is 31.5 Å². The van der Waals surface area contributed by atoms with E-state index in [-0.39, 0.29) is 11.7 Å². The van der Waals surface area contributed by atoms with Crippen LogP contribution in [-0.4, -0.2) is 34.7 Å². The maximum Gasteiger partial charge on any atom is 0.123 e. The van der Waals surface area contributed by atoms with E-state index in [1.807, 2.05) is 30.3 Å². The summed E-state index contributed by atoms with van der Waals surface area (Å²) in [5.74, 6) is -0.0776. The standard InChI is InChI=1S/C20H24FNO2/c21-18-8-4-7-17(13-18)19(23)14-22-11-9-16(10-12-22)20(24)15-5-2-1-3-6-15/h1-8,13,16,19-20,23-24H,9-12,14H2. The molecular weight excluding hydrogens is 305 g/mol. The Labute approximate surface area is 142 Å². The summed E-state index contributed by atoms with van der Waals surface area (Å²) in [7, 11) is 0. The van der Waals surface area contributed by atoms with Gasteiger partial charge in [0.05, 0.1) is 12.2 Å². The summed E-state index contributed by atoms with van der Waals surface area (Å²) >= 11 is 0. The molecule has 1 fully saturated rings. The van der Waals surface area contributed by atoms with Crippen molar-refractivity contribution >= 4 is 0 Å². The highest BCUT2D eigenvalue weighted by atomic mass is 19.1. The number of aliphatic hydroxyl groups is 2. The lowest BCUT2D eigenvalue weighted by Crippen LogP contribution is -2.38. The molecule has 3 nitrogen and oxygen atoms in total. The maximum absolute atomic E-state index is 13.3. The minimum absolute atomic E-state index is 0.245. The van der Waals surface area contributed by atoms with Gasteiger partial charge < -0.3 is 15.1 Å². The van der Waals surface area contributed by atoms with Gasteiger partial charge in [-0.1, -0.05) is 42.5 Å². The van der Waals surface area contributed by atoms with Crippen LogP contribution in [0.2, 0.25) is 0 Å². The summed E-state index contributed by atoms with van der Waals surface area (Å²) in [6, 6.07) is 15.9. The first-order chi connectivity index (χ1) is 11.6. The van der Waals surface area contributed by atoms with Crippen LogP contribution in [0.5, 0.6) is 0 Å². The highest BCUT2D eigenvalue weighted by Gasteiger charge is 2.27. The topological polar surface area (TPSA) is 43.7 Å². The van der Waals surface area contributed by atoms with Crippen molar-refractivity contribution in [1.82, 2.24) is 4.90 Å². The molecule has 0 amide bonds. The molecule has 3 rings (SSSR count). The molecule has 4 heteroatoms. The zero-order chi connectivity index (χ0) is 16.9. The van der Waals surface area contributed by atoms with Crippen LogP contribution in [0.1, 0.15) is 36.2 Å². The van der Waals surface area contributed by atoms with Crippen LogP contribution in [0, 0.1) is 11.7 Å². The number of benzene rings is 2. The largest absolute Gasteiger partial charge is 0.388 e. The van der Waals surface area contributed by atoms with Crippen molar-refractivity contribution in [3.05, 3.63) is 71.5 Å². The third-order valence-electron chi connectivity index (χ3n) is 4.88. The van der Waals surface area contributed by atoms with Gasteiger partial charge in [-0.3, -0.25) is 0 Å². The highest BCUT2D eigenvalue weighted by Crippen LogP contribution is 2.31. The third kappa shape index (κ3) is 4.20. The number of β-amino-alcohol motifs (C(OH)–C–C–N with tert-alkyl or cyclic N) is 1. The van der Waals surface area contributed by atoms with Crippen molar-refractivity contribution in [2.24, 2.45) is 5.92 Å². The monoisotopic (exact) mass is 329 g/mol. The Hall–Kier alpha value is -1.75. The van der Waals surface area contributed by atoms with Crippen LogP contribution in [0.4, 0.5) is 4.39 Å². The average Bonchev–Trinajstić information content (AvgIpc) is 2.62. The molecule has 2 aromatic rings. The lowest BCUT2D eigenvalue weighted by atomic mass is 9.87. The predicted octanol–water partition coefficient (Wildman–Crippen LogP) is 3.30. The summed E-state index contributed by atoms with van der Waals surface area (Å²) in [5.41, 5.74) is 1.58. The third-order valence-corrected chi connectivity index (χ3v) is 4.88. The van der Waals surface area contributed by atoms with Gasteiger partial charge in [0.25, 0.3) is 0 Å². The highest BCUT2D eigenvalue weighted by molar-refractivity contribution is 5.19. The Morgan fingerprint density at radius 3 is 2.29 bits per heavy atom. The van der Waals surface area contributed by atoms with E-state index in [2.05, 4.69) is 4.90 Å². The van der Waals surface area contributed by atoms with Crippen LogP contribution in [0.3, 0.4) is 0 Å². The number of aliphatic hydroxyl groups excluding tert-OH is 2. The zero-order valence-corrected chi connectivity index (χ0v) is 13.7. The molecule has 1 aliphatic heterocycles. The van der Waals surface area contributed by atoms with Gasteiger partial charge >= 0.3 is 0 Å². The Kier molecular flexibility index (Phi) is 5.61. The van der Waals surface area contributed by atoms with Crippen LogP contribution >= 0.6 is 0 Å². The van der Waals surface area contributed by atoms with Crippen LogP contribution in [0.25, 0.3) is 0 Å². The van der Waals surface area contributed by atoms with Gasteiger partial charge in [0.1, 0.15) is 5.82 Å². The molecule has 2 unspecified atom stereocenters. The first-order valence-corrected chi connectivity index (χ1v) is 8.52. The Morgan fingerprint density at radius 1 is 0.958 bits per heavy atom. The number of nitrogens with zero attached hydrogens (tertiary/aromatic N) is 1. The Morgan fingerprint density at radius 2 is 1.62 bits per heavy atom. The van der Waals surface area contributed by atoms with Crippen LogP contribution < -0.4 is 0 Å². The second kappa shape index (κ2) is 7.88. The molecular formula is C20H24FNO2. The predicted molar refractivity (Wildman–Crippen MR) is 91.9 cm³/mol. The van der Waals surface area contributed by atoms with E-state index in [1.165, 1.54) is 12.1 Å². The van der Waals surface area contributed by atoms with Crippen molar-refractivity contribution in [1.29, 1.82) is 0 Å². The molecule has 24 heavy (non-hydrogen) atoms. The molecule has 0 radical (unpaired) electrons. The summed E-state index contributed by atoms with van der Waals surface area (Å²) in [4.78, 5) is 2.18. The normalized spacial score (nSPS) is 19.1. The van der Waals surface area contributed by atoms with Gasteiger partial charge in [-0.2, -0.15) is 0 Å². The average molecular weight is 329 g/mol. The number of likely N-dealkylation sites (tertiary alicyclic amines) is 1. The fourth-order valence-corrected chi connectivity index (χ4v) is 3.44. The van der Waals surface area contributed by atoms with E-state index in [9.17, 15) is 14.6 Å². The van der Waals surface area contributed by atoms with Gasteiger partial charge in [-0.05, 0) is 55.1 Å². The van der Waals surface area contributed by atoms with Gasteiger partial charge in [0, 0.05) is 6.54 Å². The Balaban J connectivity index is 1.52. The van der Waals surface area contributed by atoms with E-state index in [1.54, 1.807) is 12.1 Å². The van der Waals surface area contributed by atoms with Crippen molar-refractivity contribution in [3.63, 3.8) is 0 Å². The van der Waals surface area contributed by atoms with Crippen LogP contribution in [-0.2, 0) is 0 Å². The quantitative estimate of drug-likeness (QED) is 0.884. The van der Waals surface area contributed by atoms with E-state index >= 15 is 0 Å². The fourth-order valence-electron chi connectivity index (χ4n) is 3.44. The molecule has 0 aromatic heterocycles. The van der Waals surface area contributed by atoms with Crippen molar-refractivity contribution in [2.75, 3.05) is 19.6 Å². The van der Waals surface area contributed by atoms with Gasteiger partial charge in [-0.15, -0.1) is 0 Å².